The first-order valence-electron chi connectivity index (χ1n) is 8.90. The highest BCUT2D eigenvalue weighted by Gasteiger charge is 2.11. The van der Waals surface area contributed by atoms with Crippen molar-refractivity contribution in [3.8, 4) is 0 Å². The van der Waals surface area contributed by atoms with Gasteiger partial charge in [0.05, 0.1) is 5.69 Å². The topological polar surface area (TPSA) is 62.8 Å². The number of carbonyl (C=O) groups excluding carboxylic acids is 1. The summed E-state index contributed by atoms with van der Waals surface area (Å²) in [7, 11) is 0. The molecule has 1 aromatic heterocycles. The van der Waals surface area contributed by atoms with E-state index in [9.17, 15) is 9.59 Å². The summed E-state index contributed by atoms with van der Waals surface area (Å²) < 4.78 is 0.631. The maximum absolute atomic E-state index is 12.4. The molecule has 0 bridgehead atoms. The van der Waals surface area contributed by atoms with Crippen LogP contribution in [0.3, 0.4) is 0 Å². The van der Waals surface area contributed by atoms with Crippen molar-refractivity contribution in [1.82, 2.24) is 9.97 Å². The van der Waals surface area contributed by atoms with Crippen LogP contribution in [-0.2, 0) is 12.2 Å². The van der Waals surface area contributed by atoms with Crippen LogP contribution in [0.5, 0.6) is 0 Å². The molecule has 0 unspecified atom stereocenters. The molecule has 6 heteroatoms. The highest BCUT2D eigenvalue weighted by molar-refractivity contribution is 14.1. The summed E-state index contributed by atoms with van der Waals surface area (Å²) in [5, 5.41) is 0.612. The van der Waals surface area contributed by atoms with E-state index in [4.69, 9.17) is 4.98 Å². The quantitative estimate of drug-likeness (QED) is 0.220. The molecule has 0 saturated carbocycles. The number of nitrogens with one attached hydrogen (secondary N) is 1. The Morgan fingerprint density at radius 2 is 1.71 bits per heavy atom. The molecule has 4 nitrogen and oxygen atoms in total. The normalized spacial score (nSPS) is 10.9. The molecule has 0 aliphatic carbocycles. The van der Waals surface area contributed by atoms with Gasteiger partial charge in [-0.2, -0.15) is 0 Å². The van der Waals surface area contributed by atoms with Crippen molar-refractivity contribution < 1.29 is 4.79 Å². The van der Waals surface area contributed by atoms with Crippen LogP contribution < -0.4 is 5.56 Å². The minimum absolute atomic E-state index is 0.0545. The third kappa shape index (κ3) is 5.32. The van der Waals surface area contributed by atoms with E-state index in [0.29, 0.717) is 26.5 Å². The van der Waals surface area contributed by atoms with Gasteiger partial charge in [0.1, 0.15) is 3.57 Å². The number of ketones is 1. The Morgan fingerprint density at radius 3 is 2.32 bits per heavy atom. The number of carbonyl (C=O) groups is 1. The SMILES string of the molecule is CC(=O)c1ccc(CSc2nc(Cc3cc(C)cc(C)c3)c(I)c(=O)[nH]2)cc1. The van der Waals surface area contributed by atoms with E-state index in [-0.39, 0.29) is 11.3 Å². The Balaban J connectivity index is 1.79. The summed E-state index contributed by atoms with van der Waals surface area (Å²) in [6, 6.07) is 13.9. The summed E-state index contributed by atoms with van der Waals surface area (Å²) in [5.41, 5.74) is 6.03. The van der Waals surface area contributed by atoms with E-state index < -0.39 is 0 Å². The monoisotopic (exact) mass is 504 g/mol. The molecule has 0 atom stereocenters. The first kappa shape index (κ1) is 20.8. The average Bonchev–Trinajstić information content (AvgIpc) is 2.63. The Labute approximate surface area is 182 Å². The molecule has 0 radical (unpaired) electrons. The van der Waals surface area contributed by atoms with Gasteiger partial charge in [0.2, 0.25) is 0 Å². The zero-order valence-electron chi connectivity index (χ0n) is 16.0. The molecule has 0 amide bonds. The minimum atomic E-state index is -0.107. The molecular weight excluding hydrogens is 483 g/mol. The van der Waals surface area contributed by atoms with E-state index in [2.05, 4.69) is 59.6 Å². The van der Waals surface area contributed by atoms with E-state index >= 15 is 0 Å². The second-order valence-corrected chi connectivity index (χ2v) is 8.89. The van der Waals surface area contributed by atoms with Crippen LogP contribution in [0, 0.1) is 17.4 Å². The zero-order chi connectivity index (χ0) is 20.3. The maximum Gasteiger partial charge on any atom is 0.265 e. The minimum Gasteiger partial charge on any atom is -0.301 e. The van der Waals surface area contributed by atoms with E-state index in [1.54, 1.807) is 6.92 Å². The third-order valence-corrected chi connectivity index (χ3v) is 6.36. The number of aromatic nitrogens is 2. The molecule has 3 aromatic rings. The van der Waals surface area contributed by atoms with Crippen molar-refractivity contribution >= 4 is 40.1 Å². The number of halogens is 1. The molecule has 3 rings (SSSR count). The molecule has 0 fully saturated rings. The molecule has 0 saturated heterocycles. The average molecular weight is 504 g/mol. The number of nitrogens with zero attached hydrogens (tertiary/aromatic N) is 1. The fourth-order valence-corrected chi connectivity index (χ4v) is 4.30. The largest absolute Gasteiger partial charge is 0.301 e. The molecule has 144 valence electrons. The molecular formula is C22H21IN2O2S. The maximum atomic E-state index is 12.4. The predicted octanol–water partition coefficient (Wildman–Crippen LogP) is 5.08. The number of Topliss-reactive ketones (excluding diaryl/α,β-unsaturated/α-hetero) is 1. The van der Waals surface area contributed by atoms with Crippen molar-refractivity contribution in [3.05, 3.63) is 89.9 Å². The first-order valence-corrected chi connectivity index (χ1v) is 11.0. The molecule has 0 aliphatic rings. The molecule has 0 aliphatic heterocycles. The number of thioether (sulfide) groups is 1. The lowest BCUT2D eigenvalue weighted by molar-refractivity contribution is 0.101. The van der Waals surface area contributed by atoms with Gasteiger partial charge in [0, 0.05) is 17.7 Å². The van der Waals surface area contributed by atoms with Crippen LogP contribution in [-0.4, -0.2) is 15.8 Å². The van der Waals surface area contributed by atoms with Crippen molar-refractivity contribution in [2.24, 2.45) is 0 Å². The molecule has 1 heterocycles. The Hall–Kier alpha value is -1.93. The molecule has 28 heavy (non-hydrogen) atoms. The standard InChI is InChI=1S/C22H21IN2O2S/c1-13-8-14(2)10-17(9-13)11-19-20(23)21(27)25-22(24-19)28-12-16-4-6-18(7-5-16)15(3)26/h4-10H,11-12H2,1-3H3,(H,24,25,27). The smallest absolute Gasteiger partial charge is 0.265 e. The molecule has 0 spiro atoms. The highest BCUT2D eigenvalue weighted by atomic mass is 127. The van der Waals surface area contributed by atoms with Crippen LogP contribution in [0.2, 0.25) is 0 Å². The first-order chi connectivity index (χ1) is 13.3. The van der Waals surface area contributed by atoms with Crippen molar-refractivity contribution in [2.75, 3.05) is 0 Å². The van der Waals surface area contributed by atoms with Gasteiger partial charge in [0.25, 0.3) is 5.56 Å². The number of aromatic amines is 1. The van der Waals surface area contributed by atoms with Gasteiger partial charge in [-0.05, 0) is 54.5 Å². The number of aryl methyl sites for hydroxylation is 2. The van der Waals surface area contributed by atoms with E-state index in [1.807, 2.05) is 24.3 Å². The van der Waals surface area contributed by atoms with Crippen molar-refractivity contribution in [1.29, 1.82) is 0 Å². The molecule has 2 aromatic carbocycles. The fourth-order valence-electron chi connectivity index (χ4n) is 3.02. The van der Waals surface area contributed by atoms with Crippen LogP contribution in [0.4, 0.5) is 0 Å². The zero-order valence-corrected chi connectivity index (χ0v) is 19.0. The Bertz CT molecular complexity index is 1050. The van der Waals surface area contributed by atoms with E-state index in [0.717, 1.165) is 16.8 Å². The lowest BCUT2D eigenvalue weighted by Crippen LogP contribution is -2.16. The van der Waals surface area contributed by atoms with Gasteiger partial charge < -0.3 is 4.98 Å². The number of H-pyrrole nitrogens is 1. The van der Waals surface area contributed by atoms with Gasteiger partial charge in [-0.3, -0.25) is 9.59 Å². The lowest BCUT2D eigenvalue weighted by Gasteiger charge is -2.09. The van der Waals surface area contributed by atoms with E-state index in [1.165, 1.54) is 22.9 Å². The number of hydrogen-bond donors (Lipinski definition) is 1. The van der Waals surface area contributed by atoms with Crippen LogP contribution in [0.25, 0.3) is 0 Å². The predicted molar refractivity (Wildman–Crippen MR) is 122 cm³/mol. The van der Waals surface area contributed by atoms with Gasteiger partial charge in [-0.15, -0.1) is 0 Å². The van der Waals surface area contributed by atoms with Crippen LogP contribution in [0.15, 0.2) is 52.4 Å². The summed E-state index contributed by atoms with van der Waals surface area (Å²) in [5.74, 6) is 0.726. The Kier molecular flexibility index (Phi) is 6.72. The second kappa shape index (κ2) is 9.05. The lowest BCUT2D eigenvalue weighted by atomic mass is 10.0. The van der Waals surface area contributed by atoms with Gasteiger partial charge >= 0.3 is 0 Å². The number of rotatable bonds is 6. The van der Waals surface area contributed by atoms with Gasteiger partial charge in [0.15, 0.2) is 10.9 Å². The van der Waals surface area contributed by atoms with Gasteiger partial charge in [-0.25, -0.2) is 4.98 Å². The van der Waals surface area contributed by atoms with Crippen molar-refractivity contribution in [3.63, 3.8) is 0 Å². The Morgan fingerprint density at radius 1 is 1.07 bits per heavy atom. The summed E-state index contributed by atoms with van der Waals surface area (Å²) in [6.45, 7) is 5.71. The number of hydrogen-bond acceptors (Lipinski definition) is 4. The van der Waals surface area contributed by atoms with Crippen molar-refractivity contribution in [2.45, 2.75) is 38.1 Å². The fraction of sp³-hybridized carbons (Fsp3) is 0.227. The van der Waals surface area contributed by atoms with Gasteiger partial charge in [-0.1, -0.05) is 65.4 Å². The summed E-state index contributed by atoms with van der Waals surface area (Å²) in [4.78, 5) is 31.3. The summed E-state index contributed by atoms with van der Waals surface area (Å²) in [6.07, 6.45) is 0.631. The summed E-state index contributed by atoms with van der Waals surface area (Å²) >= 11 is 3.55. The molecule has 1 N–H and O–H groups in total. The third-order valence-electron chi connectivity index (χ3n) is 4.30. The second-order valence-electron chi connectivity index (χ2n) is 6.85. The van der Waals surface area contributed by atoms with Crippen LogP contribution >= 0.6 is 34.4 Å². The highest BCUT2D eigenvalue weighted by Crippen LogP contribution is 2.21. The van der Waals surface area contributed by atoms with Crippen LogP contribution in [0.1, 0.15) is 45.2 Å². The number of benzene rings is 2.